The summed E-state index contributed by atoms with van der Waals surface area (Å²) in [6.45, 7) is 0.670. The molecule has 5 nitrogen and oxygen atoms in total. The van der Waals surface area contributed by atoms with Crippen molar-refractivity contribution in [1.82, 2.24) is 4.90 Å². The van der Waals surface area contributed by atoms with E-state index in [0.717, 1.165) is 25.0 Å². The largest absolute Gasteiger partial charge is 0.421 e. The molecule has 0 unspecified atom stereocenters. The molecule has 0 spiro atoms. The van der Waals surface area contributed by atoms with Crippen molar-refractivity contribution in [3.05, 3.63) is 71.0 Å². The number of nitrogens with zero attached hydrogens (tertiary/aromatic N) is 1. The van der Waals surface area contributed by atoms with E-state index in [-0.39, 0.29) is 47.5 Å². The molecule has 188 valence electrons. The molecule has 0 bridgehead atoms. The molecule has 0 saturated heterocycles. The maximum absolute atomic E-state index is 14.6. The first-order valence-corrected chi connectivity index (χ1v) is 11.7. The maximum atomic E-state index is 14.6. The van der Waals surface area contributed by atoms with Gasteiger partial charge in [0.15, 0.2) is 5.60 Å². The first kappa shape index (κ1) is 25.2. The molecule has 3 N–H and O–H groups in total. The average Bonchev–Trinajstić information content (AvgIpc) is 3.64. The minimum Gasteiger partial charge on any atom is -0.376 e. The van der Waals surface area contributed by atoms with Gasteiger partial charge in [0.2, 0.25) is 5.91 Å². The molecule has 2 fully saturated rings. The summed E-state index contributed by atoms with van der Waals surface area (Å²) in [4.78, 5) is 27.6. The third kappa shape index (κ3) is 4.53. The number of carbonyl (C=O) groups is 2. The standard InChI is InChI=1S/C26H28F4N2O3/c1-24(35,26(28,29)30)17-8-6-16(7-9-17)22(33)32(18-10-11-18)19-12-14-25(15-13-19,23(31)34)20-4-2-3-5-21(20)27/h2-9,18-19,35H,10-15H2,1H3,(H2,31,34)/t19-,24-,25+/m0/s1. The number of hydrogen-bond donors (Lipinski definition) is 2. The number of hydrogen-bond acceptors (Lipinski definition) is 3. The fourth-order valence-electron chi connectivity index (χ4n) is 5.10. The Bertz CT molecular complexity index is 1100. The van der Waals surface area contributed by atoms with Crippen LogP contribution < -0.4 is 5.73 Å². The predicted octanol–water partition coefficient (Wildman–Crippen LogP) is 4.57. The normalized spacial score (nSPS) is 24.5. The Hall–Kier alpha value is -2.94. The van der Waals surface area contributed by atoms with Crippen LogP contribution in [-0.2, 0) is 15.8 Å². The van der Waals surface area contributed by atoms with Crippen LogP contribution in [0.25, 0.3) is 0 Å². The molecule has 2 aliphatic rings. The van der Waals surface area contributed by atoms with Gasteiger partial charge in [0.1, 0.15) is 5.82 Å². The average molecular weight is 493 g/mol. The Morgan fingerprint density at radius 3 is 2.00 bits per heavy atom. The van der Waals surface area contributed by atoms with Gasteiger partial charge in [-0.15, -0.1) is 0 Å². The SMILES string of the molecule is C[C@](O)(c1ccc(C(=O)N(C2CC2)[C@H]2CC[C@](C(N)=O)(c3ccccc3F)CC2)cc1)C(F)(F)F. The molecule has 2 amide bonds. The molecule has 2 aliphatic carbocycles. The Morgan fingerprint density at radius 1 is 0.971 bits per heavy atom. The number of rotatable bonds is 6. The predicted molar refractivity (Wildman–Crippen MR) is 121 cm³/mol. The highest BCUT2D eigenvalue weighted by Crippen LogP contribution is 2.44. The third-order valence-electron chi connectivity index (χ3n) is 7.48. The van der Waals surface area contributed by atoms with Crippen LogP contribution in [0.15, 0.2) is 48.5 Å². The number of carbonyl (C=O) groups excluding carboxylic acids is 2. The van der Waals surface area contributed by atoms with Crippen molar-refractivity contribution in [1.29, 1.82) is 0 Å². The topological polar surface area (TPSA) is 83.6 Å². The van der Waals surface area contributed by atoms with Crippen molar-refractivity contribution in [2.45, 2.75) is 74.7 Å². The smallest absolute Gasteiger partial charge is 0.376 e. The first-order valence-electron chi connectivity index (χ1n) is 11.7. The number of aliphatic hydroxyl groups is 1. The van der Waals surface area contributed by atoms with Gasteiger partial charge in [-0.2, -0.15) is 13.2 Å². The monoisotopic (exact) mass is 492 g/mol. The van der Waals surface area contributed by atoms with E-state index in [1.807, 2.05) is 0 Å². The van der Waals surface area contributed by atoms with Crippen LogP contribution in [0.3, 0.4) is 0 Å². The zero-order chi connectivity index (χ0) is 25.6. The number of halogens is 4. The number of primary amides is 1. The van der Waals surface area contributed by atoms with Gasteiger partial charge >= 0.3 is 6.18 Å². The lowest BCUT2D eigenvalue weighted by molar-refractivity contribution is -0.258. The number of amides is 2. The summed E-state index contributed by atoms with van der Waals surface area (Å²) in [5, 5.41) is 9.89. The van der Waals surface area contributed by atoms with Gasteiger partial charge < -0.3 is 15.7 Å². The molecule has 0 aliphatic heterocycles. The van der Waals surface area contributed by atoms with Gasteiger partial charge in [-0.1, -0.05) is 30.3 Å². The summed E-state index contributed by atoms with van der Waals surface area (Å²) in [6, 6.07) is 10.7. The van der Waals surface area contributed by atoms with E-state index in [1.54, 1.807) is 23.1 Å². The number of alkyl halides is 3. The van der Waals surface area contributed by atoms with E-state index >= 15 is 0 Å². The van der Waals surface area contributed by atoms with E-state index in [0.29, 0.717) is 19.8 Å². The minimum atomic E-state index is -4.86. The molecule has 1 atom stereocenters. The molecule has 4 rings (SSSR count). The molecule has 0 aromatic heterocycles. The van der Waals surface area contributed by atoms with Crippen LogP contribution in [0.4, 0.5) is 17.6 Å². The van der Waals surface area contributed by atoms with Gasteiger partial charge in [-0.05, 0) is 69.2 Å². The maximum Gasteiger partial charge on any atom is 0.421 e. The summed E-state index contributed by atoms with van der Waals surface area (Å²) >= 11 is 0. The van der Waals surface area contributed by atoms with Crippen LogP contribution in [0, 0.1) is 5.82 Å². The quantitative estimate of drug-likeness (QED) is 0.580. The lowest BCUT2D eigenvalue weighted by atomic mass is 9.67. The highest BCUT2D eigenvalue weighted by atomic mass is 19.4. The fourth-order valence-corrected chi connectivity index (χ4v) is 5.10. The number of nitrogens with two attached hydrogens (primary N) is 1. The Labute approximate surface area is 200 Å². The molecule has 0 heterocycles. The van der Waals surface area contributed by atoms with Crippen molar-refractivity contribution in [2.75, 3.05) is 0 Å². The van der Waals surface area contributed by atoms with Crippen LogP contribution in [0.5, 0.6) is 0 Å². The lowest BCUT2D eigenvalue weighted by Gasteiger charge is -2.42. The highest BCUT2D eigenvalue weighted by molar-refractivity contribution is 5.95. The second-order valence-electron chi connectivity index (χ2n) is 9.75. The molecule has 2 saturated carbocycles. The van der Waals surface area contributed by atoms with Crippen LogP contribution in [0.1, 0.15) is 66.9 Å². The Morgan fingerprint density at radius 2 is 1.51 bits per heavy atom. The van der Waals surface area contributed by atoms with Crippen LogP contribution in [-0.4, -0.2) is 40.1 Å². The highest BCUT2D eigenvalue weighted by Gasteiger charge is 2.51. The minimum absolute atomic E-state index is 0.0139. The molecular formula is C26H28F4N2O3. The van der Waals surface area contributed by atoms with E-state index in [4.69, 9.17) is 5.73 Å². The third-order valence-corrected chi connectivity index (χ3v) is 7.48. The van der Waals surface area contributed by atoms with E-state index < -0.39 is 28.9 Å². The molecular weight excluding hydrogens is 464 g/mol. The summed E-state index contributed by atoms with van der Waals surface area (Å²) in [5.74, 6) is -1.40. The van der Waals surface area contributed by atoms with Crippen molar-refractivity contribution in [3.63, 3.8) is 0 Å². The summed E-state index contributed by atoms with van der Waals surface area (Å²) in [7, 11) is 0. The van der Waals surface area contributed by atoms with Crippen molar-refractivity contribution >= 4 is 11.8 Å². The Kier molecular flexibility index (Phi) is 6.42. The molecule has 0 radical (unpaired) electrons. The Balaban J connectivity index is 1.54. The molecule has 35 heavy (non-hydrogen) atoms. The van der Waals surface area contributed by atoms with E-state index in [9.17, 15) is 32.3 Å². The van der Waals surface area contributed by atoms with Gasteiger partial charge in [-0.3, -0.25) is 9.59 Å². The van der Waals surface area contributed by atoms with Gasteiger partial charge in [0.05, 0.1) is 5.41 Å². The van der Waals surface area contributed by atoms with Crippen LogP contribution in [0.2, 0.25) is 0 Å². The van der Waals surface area contributed by atoms with Crippen molar-refractivity contribution in [2.24, 2.45) is 5.73 Å². The van der Waals surface area contributed by atoms with Crippen molar-refractivity contribution in [3.8, 4) is 0 Å². The first-order chi connectivity index (χ1) is 16.4. The second kappa shape index (κ2) is 8.93. The zero-order valence-electron chi connectivity index (χ0n) is 19.3. The fraction of sp³-hybridized carbons (Fsp3) is 0.462. The summed E-state index contributed by atoms with van der Waals surface area (Å²) < 4.78 is 54.0. The zero-order valence-corrected chi connectivity index (χ0v) is 19.3. The summed E-state index contributed by atoms with van der Waals surface area (Å²) in [5.41, 5.74) is 1.70. The van der Waals surface area contributed by atoms with Gasteiger partial charge in [0.25, 0.3) is 5.91 Å². The van der Waals surface area contributed by atoms with E-state index in [1.165, 1.54) is 18.2 Å². The van der Waals surface area contributed by atoms with Crippen molar-refractivity contribution < 1.29 is 32.3 Å². The van der Waals surface area contributed by atoms with Crippen LogP contribution >= 0.6 is 0 Å². The molecule has 2 aromatic carbocycles. The molecule has 2 aromatic rings. The van der Waals surface area contributed by atoms with Gasteiger partial charge in [-0.25, -0.2) is 4.39 Å². The second-order valence-corrected chi connectivity index (χ2v) is 9.75. The summed E-state index contributed by atoms with van der Waals surface area (Å²) in [6.07, 6.45) is -1.75. The van der Waals surface area contributed by atoms with E-state index in [2.05, 4.69) is 0 Å². The molecule has 9 heteroatoms. The lowest BCUT2D eigenvalue weighted by Crippen LogP contribution is -2.50. The van der Waals surface area contributed by atoms with Gasteiger partial charge in [0, 0.05) is 23.2 Å². The number of benzene rings is 2.